The second-order valence-electron chi connectivity index (χ2n) is 5.45. The van der Waals surface area contributed by atoms with Crippen LogP contribution >= 0.6 is 11.6 Å². The lowest BCUT2D eigenvalue weighted by Gasteiger charge is -2.16. The molecule has 0 fully saturated rings. The van der Waals surface area contributed by atoms with Gasteiger partial charge in [-0.2, -0.15) is 0 Å². The Labute approximate surface area is 136 Å². The summed E-state index contributed by atoms with van der Waals surface area (Å²) in [6.07, 6.45) is 3.24. The maximum Gasteiger partial charge on any atom is 0.244 e. The van der Waals surface area contributed by atoms with Crippen LogP contribution in [0.4, 0.5) is 0 Å². The predicted molar refractivity (Wildman–Crippen MR) is 93.0 cm³/mol. The molecule has 2 aromatic carbocycles. The molecule has 1 N–H and O–H groups in total. The largest absolute Gasteiger partial charge is 0.346 e. The molecule has 0 aliphatic rings. The molecule has 2 rings (SSSR count). The zero-order valence-electron chi connectivity index (χ0n) is 13.1. The molecule has 0 aromatic heterocycles. The Morgan fingerprint density at radius 2 is 1.91 bits per heavy atom. The second kappa shape index (κ2) is 7.28. The molecule has 0 saturated heterocycles. The standard InChI is InChI=1S/C19H20ClNO/c1-13-8-10-17(14(2)12-13)15(3)21-19(22)11-9-16-6-4-5-7-18(16)20/h4-12,15H,1-3H3,(H,21,22)/b11-9+. The van der Waals surface area contributed by atoms with Crippen molar-refractivity contribution in [2.75, 3.05) is 0 Å². The Hall–Kier alpha value is -2.06. The number of rotatable bonds is 4. The summed E-state index contributed by atoms with van der Waals surface area (Å²) in [5, 5.41) is 3.61. The minimum absolute atomic E-state index is 0.0380. The Bertz CT molecular complexity index is 706. The highest BCUT2D eigenvalue weighted by atomic mass is 35.5. The lowest BCUT2D eigenvalue weighted by atomic mass is 10.0. The van der Waals surface area contributed by atoms with Crippen LogP contribution in [-0.4, -0.2) is 5.91 Å². The molecular formula is C19H20ClNO. The molecule has 2 aromatic rings. The molecule has 22 heavy (non-hydrogen) atoms. The Morgan fingerprint density at radius 1 is 1.18 bits per heavy atom. The van der Waals surface area contributed by atoms with Gasteiger partial charge in [0.1, 0.15) is 0 Å². The minimum atomic E-state index is -0.132. The van der Waals surface area contributed by atoms with Gasteiger partial charge in [-0.05, 0) is 49.6 Å². The van der Waals surface area contributed by atoms with Crippen molar-refractivity contribution in [3.05, 3.63) is 75.8 Å². The molecule has 3 heteroatoms. The highest BCUT2D eigenvalue weighted by Gasteiger charge is 2.10. The van der Waals surface area contributed by atoms with Gasteiger partial charge in [-0.25, -0.2) is 0 Å². The summed E-state index contributed by atoms with van der Waals surface area (Å²) in [4.78, 5) is 12.0. The topological polar surface area (TPSA) is 29.1 Å². The number of carbonyl (C=O) groups is 1. The minimum Gasteiger partial charge on any atom is -0.346 e. The van der Waals surface area contributed by atoms with Crippen LogP contribution in [0.1, 0.15) is 35.2 Å². The number of nitrogens with one attached hydrogen (secondary N) is 1. The second-order valence-corrected chi connectivity index (χ2v) is 5.85. The van der Waals surface area contributed by atoms with E-state index in [1.807, 2.05) is 25.1 Å². The third-order valence-corrected chi connectivity index (χ3v) is 3.91. The van der Waals surface area contributed by atoms with Crippen LogP contribution in [0, 0.1) is 13.8 Å². The Balaban J connectivity index is 2.04. The van der Waals surface area contributed by atoms with E-state index in [-0.39, 0.29) is 11.9 Å². The third kappa shape index (κ3) is 4.22. The normalized spacial score (nSPS) is 12.4. The molecule has 1 amide bonds. The van der Waals surface area contributed by atoms with Crippen LogP contribution in [0.25, 0.3) is 6.08 Å². The van der Waals surface area contributed by atoms with Crippen molar-refractivity contribution in [2.24, 2.45) is 0 Å². The smallest absolute Gasteiger partial charge is 0.244 e. The molecule has 2 nitrogen and oxygen atoms in total. The van der Waals surface area contributed by atoms with Crippen LogP contribution in [0.3, 0.4) is 0 Å². The van der Waals surface area contributed by atoms with Crippen LogP contribution in [0.15, 0.2) is 48.5 Å². The summed E-state index contributed by atoms with van der Waals surface area (Å²) in [6.45, 7) is 6.11. The van der Waals surface area contributed by atoms with E-state index in [9.17, 15) is 4.79 Å². The van der Waals surface area contributed by atoms with Crippen LogP contribution in [-0.2, 0) is 4.79 Å². The molecule has 0 saturated carbocycles. The summed E-state index contributed by atoms with van der Waals surface area (Å²) in [5.41, 5.74) is 4.37. The van der Waals surface area contributed by atoms with E-state index in [4.69, 9.17) is 11.6 Å². The fraction of sp³-hybridized carbons (Fsp3) is 0.211. The molecule has 1 atom stereocenters. The number of benzene rings is 2. The van der Waals surface area contributed by atoms with E-state index in [0.717, 1.165) is 11.1 Å². The van der Waals surface area contributed by atoms with Gasteiger partial charge >= 0.3 is 0 Å². The first-order valence-electron chi connectivity index (χ1n) is 7.27. The zero-order chi connectivity index (χ0) is 16.1. The van der Waals surface area contributed by atoms with Crippen molar-refractivity contribution >= 4 is 23.6 Å². The monoisotopic (exact) mass is 313 g/mol. The fourth-order valence-corrected chi connectivity index (χ4v) is 2.63. The molecule has 114 valence electrons. The summed E-state index contributed by atoms with van der Waals surface area (Å²) in [5.74, 6) is -0.132. The SMILES string of the molecule is Cc1ccc(C(C)NC(=O)/C=C/c2ccccc2Cl)c(C)c1. The zero-order valence-corrected chi connectivity index (χ0v) is 13.8. The van der Waals surface area contributed by atoms with E-state index in [0.29, 0.717) is 5.02 Å². The van der Waals surface area contributed by atoms with Gasteiger partial charge in [-0.3, -0.25) is 4.79 Å². The van der Waals surface area contributed by atoms with Gasteiger partial charge in [0.2, 0.25) is 5.91 Å². The molecule has 0 bridgehead atoms. The van der Waals surface area contributed by atoms with Crippen molar-refractivity contribution in [3.8, 4) is 0 Å². The van der Waals surface area contributed by atoms with E-state index in [2.05, 4.69) is 37.4 Å². The molecule has 0 aliphatic carbocycles. The first-order chi connectivity index (χ1) is 10.5. The highest BCUT2D eigenvalue weighted by molar-refractivity contribution is 6.32. The average Bonchev–Trinajstić information content (AvgIpc) is 2.46. The van der Waals surface area contributed by atoms with Gasteiger partial charge in [0.25, 0.3) is 0 Å². The fourth-order valence-electron chi connectivity index (χ4n) is 2.43. The van der Waals surface area contributed by atoms with Crippen molar-refractivity contribution < 1.29 is 4.79 Å². The predicted octanol–water partition coefficient (Wildman–Crippen LogP) is 4.85. The van der Waals surface area contributed by atoms with Crippen LogP contribution in [0.2, 0.25) is 5.02 Å². The summed E-state index contributed by atoms with van der Waals surface area (Å²) in [6, 6.07) is 13.6. The van der Waals surface area contributed by atoms with E-state index < -0.39 is 0 Å². The number of amides is 1. The van der Waals surface area contributed by atoms with Gasteiger partial charge in [0, 0.05) is 11.1 Å². The van der Waals surface area contributed by atoms with E-state index in [1.54, 1.807) is 12.1 Å². The molecule has 0 spiro atoms. The average molecular weight is 314 g/mol. The summed E-state index contributed by atoms with van der Waals surface area (Å²) < 4.78 is 0. The molecule has 0 radical (unpaired) electrons. The van der Waals surface area contributed by atoms with Crippen molar-refractivity contribution in [1.29, 1.82) is 0 Å². The first-order valence-corrected chi connectivity index (χ1v) is 7.65. The molecule has 0 aliphatic heterocycles. The highest BCUT2D eigenvalue weighted by Crippen LogP contribution is 2.19. The van der Waals surface area contributed by atoms with Gasteiger partial charge in [0.05, 0.1) is 6.04 Å². The molecular weight excluding hydrogens is 294 g/mol. The summed E-state index contributed by atoms with van der Waals surface area (Å²) >= 11 is 6.06. The summed E-state index contributed by atoms with van der Waals surface area (Å²) in [7, 11) is 0. The van der Waals surface area contributed by atoms with Gasteiger partial charge in [-0.15, -0.1) is 0 Å². The molecule has 1 unspecified atom stereocenters. The van der Waals surface area contributed by atoms with Crippen LogP contribution in [0.5, 0.6) is 0 Å². The quantitative estimate of drug-likeness (QED) is 0.803. The maximum atomic E-state index is 12.0. The van der Waals surface area contributed by atoms with Gasteiger partial charge in [0.15, 0.2) is 0 Å². The van der Waals surface area contributed by atoms with E-state index >= 15 is 0 Å². The number of hydrogen-bond donors (Lipinski definition) is 1. The Morgan fingerprint density at radius 3 is 2.59 bits per heavy atom. The number of carbonyl (C=O) groups excluding carboxylic acids is 1. The lowest BCUT2D eigenvalue weighted by molar-refractivity contribution is -0.117. The number of halogens is 1. The van der Waals surface area contributed by atoms with Gasteiger partial charge in [-0.1, -0.05) is 53.6 Å². The number of aryl methyl sites for hydroxylation is 2. The third-order valence-electron chi connectivity index (χ3n) is 3.57. The van der Waals surface area contributed by atoms with Crippen molar-refractivity contribution in [3.63, 3.8) is 0 Å². The molecule has 0 heterocycles. The maximum absolute atomic E-state index is 12.0. The van der Waals surface area contributed by atoms with E-state index in [1.165, 1.54) is 17.2 Å². The first kappa shape index (κ1) is 16.3. The number of hydrogen-bond acceptors (Lipinski definition) is 1. The van der Waals surface area contributed by atoms with Crippen LogP contribution < -0.4 is 5.32 Å². The van der Waals surface area contributed by atoms with Gasteiger partial charge < -0.3 is 5.32 Å². The Kier molecular flexibility index (Phi) is 5.40. The lowest BCUT2D eigenvalue weighted by Crippen LogP contribution is -2.25. The van der Waals surface area contributed by atoms with Crippen molar-refractivity contribution in [2.45, 2.75) is 26.8 Å². The van der Waals surface area contributed by atoms with Crippen molar-refractivity contribution in [1.82, 2.24) is 5.32 Å².